The second-order valence-electron chi connectivity index (χ2n) is 5.66. The van der Waals surface area contributed by atoms with Gasteiger partial charge < -0.3 is 0 Å². The first-order chi connectivity index (χ1) is 11.8. The highest BCUT2D eigenvalue weighted by atomic mass is 79.9. The maximum Gasteiger partial charge on any atom is 0.206 e. The zero-order valence-corrected chi connectivity index (χ0v) is 15.8. The predicted molar refractivity (Wildman–Crippen MR) is 106 cm³/mol. The van der Waals surface area contributed by atoms with Crippen molar-refractivity contribution < 1.29 is 0 Å². The minimum Gasteiger partial charge on any atom is -0.253 e. The van der Waals surface area contributed by atoms with Crippen molar-refractivity contribution >= 4 is 33.5 Å². The molecule has 0 N–H and O–H groups in total. The molecular formula is C19H20BrN3S. The first-order valence-electron chi connectivity index (χ1n) is 8.05. The third-order valence-electron chi connectivity index (χ3n) is 3.88. The normalized spacial score (nSPS) is 18.4. The lowest BCUT2D eigenvalue weighted by Gasteiger charge is -2.12. The predicted octanol–water partition coefficient (Wildman–Crippen LogP) is 5.26. The van der Waals surface area contributed by atoms with Crippen LogP contribution in [0.3, 0.4) is 0 Å². The largest absolute Gasteiger partial charge is 0.253 e. The van der Waals surface area contributed by atoms with E-state index in [-0.39, 0.29) is 0 Å². The van der Waals surface area contributed by atoms with E-state index in [4.69, 9.17) is 5.10 Å². The zero-order chi connectivity index (χ0) is 16.8. The second-order valence-corrected chi connectivity index (χ2v) is 7.41. The van der Waals surface area contributed by atoms with Gasteiger partial charge in [0.05, 0.1) is 12.2 Å². The summed E-state index contributed by atoms with van der Waals surface area (Å²) in [6, 6.07) is 8.29. The van der Waals surface area contributed by atoms with Crippen molar-refractivity contribution in [1.82, 2.24) is 4.68 Å². The average molecular weight is 402 g/mol. The molecule has 0 saturated heterocycles. The molecule has 0 fully saturated rings. The van der Waals surface area contributed by atoms with Gasteiger partial charge in [-0.1, -0.05) is 46.3 Å². The summed E-state index contributed by atoms with van der Waals surface area (Å²) in [7, 11) is 0. The molecule has 1 aliphatic carbocycles. The Balaban J connectivity index is 1.98. The molecule has 3 nitrogen and oxygen atoms in total. The van der Waals surface area contributed by atoms with E-state index in [2.05, 4.69) is 63.4 Å². The SMILES string of the molecule is C=CCN=c1scc(-c2ccc(Br)cc2)n1N=CC1CC=CCC1. The smallest absolute Gasteiger partial charge is 0.206 e. The summed E-state index contributed by atoms with van der Waals surface area (Å²) in [5.41, 5.74) is 2.20. The zero-order valence-electron chi connectivity index (χ0n) is 13.4. The Morgan fingerprint density at radius 1 is 1.29 bits per heavy atom. The van der Waals surface area contributed by atoms with Crippen LogP contribution in [0.25, 0.3) is 11.3 Å². The van der Waals surface area contributed by atoms with Crippen LogP contribution in [0.5, 0.6) is 0 Å². The van der Waals surface area contributed by atoms with E-state index in [0.29, 0.717) is 12.5 Å². The standard InChI is InChI=1S/C19H20BrN3S/c1-2-12-21-19-23(22-13-15-6-4-3-5-7-15)18(14-24-19)16-8-10-17(20)11-9-16/h2-4,8-11,13-15H,1,5-7,12H2. The Labute approximate surface area is 154 Å². The number of aromatic nitrogens is 1. The van der Waals surface area contributed by atoms with E-state index in [0.717, 1.165) is 39.8 Å². The van der Waals surface area contributed by atoms with Crippen LogP contribution in [0.2, 0.25) is 0 Å². The summed E-state index contributed by atoms with van der Waals surface area (Å²) in [4.78, 5) is 5.48. The van der Waals surface area contributed by atoms with Gasteiger partial charge in [0.2, 0.25) is 4.80 Å². The van der Waals surface area contributed by atoms with Crippen molar-refractivity contribution in [3.63, 3.8) is 0 Å². The molecule has 0 saturated carbocycles. The Morgan fingerprint density at radius 2 is 2.12 bits per heavy atom. The molecule has 1 heterocycles. The van der Waals surface area contributed by atoms with Crippen molar-refractivity contribution in [1.29, 1.82) is 0 Å². The number of hydrogen-bond acceptors (Lipinski definition) is 3. The molecule has 1 aliphatic rings. The first-order valence-corrected chi connectivity index (χ1v) is 9.72. The van der Waals surface area contributed by atoms with Gasteiger partial charge in [0.15, 0.2) is 0 Å². The van der Waals surface area contributed by atoms with Crippen LogP contribution in [0.4, 0.5) is 0 Å². The molecule has 3 rings (SSSR count). The third-order valence-corrected chi connectivity index (χ3v) is 5.27. The molecule has 0 spiro atoms. The molecule has 24 heavy (non-hydrogen) atoms. The fourth-order valence-corrected chi connectivity index (χ4v) is 3.71. The van der Waals surface area contributed by atoms with Crippen LogP contribution in [0.15, 0.2) is 69.0 Å². The summed E-state index contributed by atoms with van der Waals surface area (Å²) >= 11 is 5.10. The quantitative estimate of drug-likeness (QED) is 0.483. The maximum absolute atomic E-state index is 4.77. The average Bonchev–Trinajstić information content (AvgIpc) is 3.02. The number of nitrogens with zero attached hydrogens (tertiary/aromatic N) is 3. The Kier molecular flexibility index (Phi) is 5.99. The third kappa shape index (κ3) is 4.22. The minimum atomic E-state index is 0.507. The molecule has 0 amide bonds. The van der Waals surface area contributed by atoms with E-state index in [9.17, 15) is 0 Å². The van der Waals surface area contributed by atoms with Gasteiger partial charge in [0.25, 0.3) is 0 Å². The molecular weight excluding hydrogens is 382 g/mol. The minimum absolute atomic E-state index is 0.507. The van der Waals surface area contributed by atoms with Crippen LogP contribution in [0.1, 0.15) is 19.3 Å². The van der Waals surface area contributed by atoms with E-state index in [1.807, 2.05) is 16.8 Å². The molecule has 1 aromatic carbocycles. The number of halogens is 1. The van der Waals surface area contributed by atoms with Gasteiger partial charge in [0, 0.05) is 21.6 Å². The topological polar surface area (TPSA) is 29.6 Å². The van der Waals surface area contributed by atoms with Crippen LogP contribution in [-0.4, -0.2) is 17.4 Å². The Hall–Kier alpha value is -1.72. The molecule has 1 aromatic heterocycles. The fraction of sp³-hybridized carbons (Fsp3) is 0.263. The molecule has 1 atom stereocenters. The number of rotatable bonds is 5. The summed E-state index contributed by atoms with van der Waals surface area (Å²) in [6.45, 7) is 4.35. The van der Waals surface area contributed by atoms with Gasteiger partial charge >= 0.3 is 0 Å². The molecule has 1 unspecified atom stereocenters. The first kappa shape index (κ1) is 17.1. The number of thiazole rings is 1. The van der Waals surface area contributed by atoms with Gasteiger partial charge in [-0.3, -0.25) is 4.99 Å². The highest BCUT2D eigenvalue weighted by Crippen LogP contribution is 2.23. The van der Waals surface area contributed by atoms with Crippen molar-refractivity contribution in [3.8, 4) is 11.3 Å². The van der Waals surface area contributed by atoms with Gasteiger partial charge in [-0.15, -0.1) is 17.9 Å². The molecule has 2 aromatic rings. The van der Waals surface area contributed by atoms with Crippen molar-refractivity contribution in [2.24, 2.45) is 16.0 Å². The Morgan fingerprint density at radius 3 is 2.83 bits per heavy atom. The number of benzene rings is 1. The molecule has 5 heteroatoms. The van der Waals surface area contributed by atoms with E-state index >= 15 is 0 Å². The molecule has 0 bridgehead atoms. The lowest BCUT2D eigenvalue weighted by atomic mass is 9.96. The van der Waals surface area contributed by atoms with Gasteiger partial charge in [-0.2, -0.15) is 5.10 Å². The van der Waals surface area contributed by atoms with E-state index in [1.54, 1.807) is 17.4 Å². The molecule has 124 valence electrons. The summed E-state index contributed by atoms with van der Waals surface area (Å²) in [5.74, 6) is 0.507. The summed E-state index contributed by atoms with van der Waals surface area (Å²) in [6.07, 6.45) is 11.7. The maximum atomic E-state index is 4.77. The van der Waals surface area contributed by atoms with Crippen molar-refractivity contribution in [2.75, 3.05) is 6.54 Å². The van der Waals surface area contributed by atoms with Crippen molar-refractivity contribution in [3.05, 3.63) is 63.7 Å². The molecule has 0 radical (unpaired) electrons. The fourth-order valence-electron chi connectivity index (χ4n) is 2.59. The highest BCUT2D eigenvalue weighted by molar-refractivity contribution is 9.10. The van der Waals surface area contributed by atoms with Crippen LogP contribution >= 0.6 is 27.3 Å². The second kappa shape index (κ2) is 8.40. The number of allylic oxidation sites excluding steroid dienone is 2. The van der Waals surface area contributed by atoms with Crippen LogP contribution < -0.4 is 4.80 Å². The van der Waals surface area contributed by atoms with Gasteiger partial charge in [0.1, 0.15) is 0 Å². The lowest BCUT2D eigenvalue weighted by molar-refractivity contribution is 0.621. The monoisotopic (exact) mass is 401 g/mol. The summed E-state index contributed by atoms with van der Waals surface area (Å²) < 4.78 is 3.03. The van der Waals surface area contributed by atoms with Crippen molar-refractivity contribution in [2.45, 2.75) is 19.3 Å². The van der Waals surface area contributed by atoms with E-state index < -0.39 is 0 Å². The van der Waals surface area contributed by atoms with Gasteiger partial charge in [-0.25, -0.2) is 4.68 Å². The molecule has 0 aliphatic heterocycles. The highest BCUT2D eigenvalue weighted by Gasteiger charge is 2.10. The number of hydrogen-bond donors (Lipinski definition) is 0. The van der Waals surface area contributed by atoms with E-state index in [1.165, 1.54) is 0 Å². The van der Waals surface area contributed by atoms with Crippen LogP contribution in [0, 0.1) is 5.92 Å². The summed E-state index contributed by atoms with van der Waals surface area (Å²) in [5, 5.41) is 6.88. The Bertz CT molecular complexity index is 812. The van der Waals surface area contributed by atoms with Crippen LogP contribution in [-0.2, 0) is 0 Å². The van der Waals surface area contributed by atoms with Gasteiger partial charge in [-0.05, 0) is 37.3 Å². The lowest BCUT2D eigenvalue weighted by Crippen LogP contribution is -2.14.